The van der Waals surface area contributed by atoms with Gasteiger partial charge in [0.25, 0.3) is 5.91 Å². The Hall–Kier alpha value is -1.14. The Bertz CT molecular complexity index is 490. The van der Waals surface area contributed by atoms with E-state index in [-0.39, 0.29) is 24.6 Å². The first-order chi connectivity index (χ1) is 11.5. The molecule has 1 amide bonds. The lowest BCUT2D eigenvalue weighted by atomic mass is 9.79. The molecule has 3 atom stereocenters. The Labute approximate surface area is 144 Å². The summed E-state index contributed by atoms with van der Waals surface area (Å²) >= 11 is 0. The molecule has 6 nitrogen and oxygen atoms in total. The predicted molar refractivity (Wildman–Crippen MR) is 92.5 cm³/mol. The Kier molecular flexibility index (Phi) is 5.45. The fraction of sp³-hybridized carbons (Fsp3) is 0.889. The molecule has 1 aliphatic heterocycles. The van der Waals surface area contributed by atoms with Crippen molar-refractivity contribution in [2.45, 2.75) is 82.0 Å². The van der Waals surface area contributed by atoms with Crippen LogP contribution in [-0.4, -0.2) is 53.3 Å². The largest absolute Gasteiger partial charge is 0.390 e. The molecule has 0 aromatic heterocycles. The minimum absolute atomic E-state index is 0.0594. The second-order valence-electron chi connectivity index (χ2n) is 7.78. The number of carbonyl (C=O) groups is 1. The van der Waals surface area contributed by atoms with Gasteiger partial charge in [0.05, 0.1) is 18.8 Å². The number of aliphatic imine (C=N–C) groups is 1. The van der Waals surface area contributed by atoms with Crippen molar-refractivity contribution in [3.05, 3.63) is 0 Å². The Morgan fingerprint density at radius 1 is 1.21 bits per heavy atom. The van der Waals surface area contributed by atoms with Crippen LogP contribution in [0.1, 0.15) is 64.2 Å². The van der Waals surface area contributed by atoms with Crippen LogP contribution >= 0.6 is 0 Å². The molecule has 0 bridgehead atoms. The molecule has 2 fully saturated rings. The smallest absolute Gasteiger partial charge is 0.259 e. The van der Waals surface area contributed by atoms with E-state index in [9.17, 15) is 9.90 Å². The zero-order valence-corrected chi connectivity index (χ0v) is 14.7. The van der Waals surface area contributed by atoms with Gasteiger partial charge < -0.3 is 15.6 Å². The molecule has 3 rings (SSSR count). The lowest BCUT2D eigenvalue weighted by molar-refractivity contribution is -0.137. The molecule has 136 valence electrons. The summed E-state index contributed by atoms with van der Waals surface area (Å²) in [7, 11) is 1.68. The number of guanidine groups is 1. The highest BCUT2D eigenvalue weighted by Crippen LogP contribution is 2.36. The van der Waals surface area contributed by atoms with Crippen LogP contribution in [0.3, 0.4) is 0 Å². The van der Waals surface area contributed by atoms with Crippen LogP contribution in [-0.2, 0) is 9.53 Å². The third-order valence-corrected chi connectivity index (χ3v) is 5.93. The molecule has 3 aliphatic rings. The van der Waals surface area contributed by atoms with Gasteiger partial charge in [0, 0.05) is 7.05 Å². The maximum Gasteiger partial charge on any atom is 0.259 e. The molecule has 24 heavy (non-hydrogen) atoms. The number of carbonyl (C=O) groups excluding carboxylic acids is 1. The third-order valence-electron chi connectivity index (χ3n) is 5.93. The first-order valence-corrected chi connectivity index (χ1v) is 9.45. The van der Waals surface area contributed by atoms with Crippen LogP contribution in [0, 0.1) is 5.92 Å². The first kappa shape index (κ1) is 17.7. The predicted octanol–water partition coefficient (Wildman–Crippen LogP) is 1.80. The molecule has 2 saturated carbocycles. The maximum absolute atomic E-state index is 12.9. The van der Waals surface area contributed by atoms with Crippen molar-refractivity contribution in [3.8, 4) is 0 Å². The summed E-state index contributed by atoms with van der Waals surface area (Å²) in [4.78, 5) is 18.9. The zero-order chi connectivity index (χ0) is 17.2. The van der Waals surface area contributed by atoms with Crippen molar-refractivity contribution >= 4 is 11.9 Å². The molecular weight excluding hydrogens is 306 g/mol. The quantitative estimate of drug-likeness (QED) is 0.801. The summed E-state index contributed by atoms with van der Waals surface area (Å²) in [5.74, 6) is 0.727. The second-order valence-corrected chi connectivity index (χ2v) is 7.78. The van der Waals surface area contributed by atoms with Crippen LogP contribution in [0.25, 0.3) is 0 Å². The zero-order valence-electron chi connectivity index (χ0n) is 14.7. The molecule has 6 heteroatoms. The van der Waals surface area contributed by atoms with Gasteiger partial charge in [-0.3, -0.25) is 9.69 Å². The Morgan fingerprint density at radius 3 is 2.50 bits per heavy atom. The molecule has 0 saturated heterocycles. The fourth-order valence-electron chi connectivity index (χ4n) is 4.43. The summed E-state index contributed by atoms with van der Waals surface area (Å²) in [6.45, 7) is 0.231. The lowest BCUT2D eigenvalue weighted by Gasteiger charge is -2.34. The van der Waals surface area contributed by atoms with Crippen molar-refractivity contribution in [1.82, 2.24) is 4.90 Å². The van der Waals surface area contributed by atoms with E-state index in [0.29, 0.717) is 12.3 Å². The Balaban J connectivity index is 1.71. The number of hydrogen-bond acceptors (Lipinski definition) is 5. The molecule has 0 radical (unpaired) electrons. The normalized spacial score (nSPS) is 35.3. The number of rotatable bonds is 5. The van der Waals surface area contributed by atoms with Crippen LogP contribution < -0.4 is 5.73 Å². The molecule has 0 aromatic rings. The van der Waals surface area contributed by atoms with Crippen molar-refractivity contribution in [1.29, 1.82) is 0 Å². The highest BCUT2D eigenvalue weighted by molar-refractivity contribution is 6.06. The molecule has 3 unspecified atom stereocenters. The molecule has 3 N–H and O–H groups in total. The summed E-state index contributed by atoms with van der Waals surface area (Å²) in [6.07, 6.45) is 9.88. The number of aliphatic hydroxyl groups is 1. The number of likely N-dealkylation sites (N-methyl/N-ethyl adjacent to an activating group) is 1. The number of nitrogens with two attached hydrogens (primary N) is 1. The van der Waals surface area contributed by atoms with E-state index < -0.39 is 11.6 Å². The van der Waals surface area contributed by atoms with E-state index in [2.05, 4.69) is 4.99 Å². The average Bonchev–Trinajstić information content (AvgIpc) is 2.79. The standard InChI is InChI=1S/C18H31N3O3/c1-21-16(23)18(20-17(21)19,11-13-7-3-2-4-8-13)12-24-15-10-6-5-9-14(15)22/h13-15,22H,2-12H2,1H3,(H2,19,20). The first-order valence-electron chi connectivity index (χ1n) is 9.45. The topological polar surface area (TPSA) is 88.2 Å². The number of ether oxygens (including phenoxy) is 1. The van der Waals surface area contributed by atoms with Crippen molar-refractivity contribution in [2.24, 2.45) is 16.6 Å². The Morgan fingerprint density at radius 2 is 1.88 bits per heavy atom. The summed E-state index contributed by atoms with van der Waals surface area (Å²) in [6, 6.07) is 0. The molecule has 0 aromatic carbocycles. The minimum Gasteiger partial charge on any atom is -0.390 e. The van der Waals surface area contributed by atoms with Crippen LogP contribution in [0.5, 0.6) is 0 Å². The van der Waals surface area contributed by atoms with E-state index in [1.165, 1.54) is 24.2 Å². The highest BCUT2D eigenvalue weighted by atomic mass is 16.5. The van der Waals surface area contributed by atoms with Gasteiger partial charge in [-0.15, -0.1) is 0 Å². The van der Waals surface area contributed by atoms with Crippen molar-refractivity contribution in [3.63, 3.8) is 0 Å². The van der Waals surface area contributed by atoms with Crippen LogP contribution in [0.2, 0.25) is 0 Å². The van der Waals surface area contributed by atoms with E-state index in [0.717, 1.165) is 38.5 Å². The number of aliphatic hydroxyl groups excluding tert-OH is 1. The van der Waals surface area contributed by atoms with Crippen molar-refractivity contribution in [2.75, 3.05) is 13.7 Å². The average molecular weight is 337 g/mol. The van der Waals surface area contributed by atoms with Gasteiger partial charge in [-0.25, -0.2) is 4.99 Å². The highest BCUT2D eigenvalue weighted by Gasteiger charge is 2.48. The minimum atomic E-state index is -0.891. The van der Waals surface area contributed by atoms with E-state index >= 15 is 0 Å². The second kappa shape index (κ2) is 7.40. The SMILES string of the molecule is CN1C(=O)C(COC2CCCCC2O)(CC2CCCCC2)N=C1N. The van der Waals surface area contributed by atoms with Gasteiger partial charge in [0.15, 0.2) is 11.5 Å². The van der Waals surface area contributed by atoms with Gasteiger partial charge in [-0.2, -0.15) is 0 Å². The molecule has 2 aliphatic carbocycles. The monoisotopic (exact) mass is 337 g/mol. The van der Waals surface area contributed by atoms with Crippen molar-refractivity contribution < 1.29 is 14.6 Å². The molecule has 0 spiro atoms. The van der Waals surface area contributed by atoms with Crippen LogP contribution in [0.4, 0.5) is 0 Å². The number of amides is 1. The third kappa shape index (κ3) is 3.59. The van der Waals surface area contributed by atoms with Gasteiger partial charge in [0.2, 0.25) is 0 Å². The van der Waals surface area contributed by atoms with Gasteiger partial charge in [-0.1, -0.05) is 44.9 Å². The summed E-state index contributed by atoms with van der Waals surface area (Å²) in [5, 5.41) is 10.1. The van der Waals surface area contributed by atoms with Gasteiger partial charge in [-0.05, 0) is 25.2 Å². The van der Waals surface area contributed by atoms with Crippen LogP contribution in [0.15, 0.2) is 4.99 Å². The summed E-state index contributed by atoms with van der Waals surface area (Å²) in [5.41, 5.74) is 5.04. The fourth-order valence-corrected chi connectivity index (χ4v) is 4.43. The molecule has 1 heterocycles. The number of nitrogens with zero attached hydrogens (tertiary/aromatic N) is 2. The van der Waals surface area contributed by atoms with E-state index in [1.54, 1.807) is 7.05 Å². The van der Waals surface area contributed by atoms with E-state index in [4.69, 9.17) is 10.5 Å². The van der Waals surface area contributed by atoms with Gasteiger partial charge >= 0.3 is 0 Å². The number of hydrogen-bond donors (Lipinski definition) is 2. The van der Waals surface area contributed by atoms with E-state index in [1.807, 2.05) is 0 Å². The lowest BCUT2D eigenvalue weighted by Crippen LogP contribution is -2.48. The summed E-state index contributed by atoms with van der Waals surface area (Å²) < 4.78 is 6.03. The van der Waals surface area contributed by atoms with Gasteiger partial charge in [0.1, 0.15) is 0 Å². The maximum atomic E-state index is 12.9. The molecular formula is C18H31N3O3.